The lowest BCUT2D eigenvalue weighted by Gasteiger charge is -2.13. The molecule has 0 bridgehead atoms. The van der Waals surface area contributed by atoms with Crippen LogP contribution in [0, 0.1) is 13.8 Å². The monoisotopic (exact) mass is 420 g/mol. The third-order valence-electron chi connectivity index (χ3n) is 3.81. The Morgan fingerprint density at radius 1 is 1.00 bits per heavy atom. The molecule has 1 amide bonds. The van der Waals surface area contributed by atoms with Crippen molar-refractivity contribution in [2.45, 2.75) is 18.7 Å². The summed E-state index contributed by atoms with van der Waals surface area (Å²) in [5, 5.41) is 2.50. The standard InChI is InChI=1S/C20H24N2O6S/c1-14-8-15(2)10-17(9-14)27-13-20(24)28-12-19(23)21-16-6-5-7-18(11-16)29(25,26)22(3)4/h5-11H,12-13H2,1-4H3,(H,21,23). The lowest BCUT2D eigenvalue weighted by molar-refractivity contribution is -0.149. The van der Waals surface area contributed by atoms with Crippen molar-refractivity contribution >= 4 is 27.6 Å². The Balaban J connectivity index is 1.86. The van der Waals surface area contributed by atoms with E-state index in [1.54, 1.807) is 12.1 Å². The molecule has 0 atom stereocenters. The zero-order valence-corrected chi connectivity index (χ0v) is 17.6. The average Bonchev–Trinajstić information content (AvgIpc) is 2.64. The fraction of sp³-hybridized carbons (Fsp3) is 0.300. The van der Waals surface area contributed by atoms with Gasteiger partial charge in [0.2, 0.25) is 10.0 Å². The fourth-order valence-electron chi connectivity index (χ4n) is 2.49. The van der Waals surface area contributed by atoms with E-state index in [-0.39, 0.29) is 17.2 Å². The topological polar surface area (TPSA) is 102 Å². The first kappa shape index (κ1) is 22.4. The zero-order chi connectivity index (χ0) is 21.6. The van der Waals surface area contributed by atoms with Crippen LogP contribution in [-0.2, 0) is 24.3 Å². The van der Waals surface area contributed by atoms with Crippen LogP contribution in [0.25, 0.3) is 0 Å². The highest BCUT2D eigenvalue weighted by atomic mass is 32.2. The van der Waals surface area contributed by atoms with Gasteiger partial charge in [0.15, 0.2) is 13.2 Å². The largest absolute Gasteiger partial charge is 0.482 e. The quantitative estimate of drug-likeness (QED) is 0.657. The SMILES string of the molecule is Cc1cc(C)cc(OCC(=O)OCC(=O)Nc2cccc(S(=O)(=O)N(C)C)c2)c1. The summed E-state index contributed by atoms with van der Waals surface area (Å²) in [6.07, 6.45) is 0. The van der Waals surface area contributed by atoms with Crippen molar-refractivity contribution < 1.29 is 27.5 Å². The van der Waals surface area contributed by atoms with Gasteiger partial charge in [-0.3, -0.25) is 4.79 Å². The summed E-state index contributed by atoms with van der Waals surface area (Å²) in [6.45, 7) is 3.00. The number of anilines is 1. The van der Waals surface area contributed by atoms with Crippen LogP contribution in [0.15, 0.2) is 47.4 Å². The van der Waals surface area contributed by atoms with Gasteiger partial charge < -0.3 is 14.8 Å². The molecule has 29 heavy (non-hydrogen) atoms. The molecule has 0 aromatic heterocycles. The summed E-state index contributed by atoms with van der Waals surface area (Å²) >= 11 is 0. The van der Waals surface area contributed by atoms with Gasteiger partial charge in [0, 0.05) is 19.8 Å². The maximum atomic E-state index is 12.1. The molecule has 0 unspecified atom stereocenters. The Bertz CT molecular complexity index is 982. The number of carbonyl (C=O) groups is 2. The molecule has 2 aromatic rings. The van der Waals surface area contributed by atoms with Crippen LogP contribution in [0.4, 0.5) is 5.69 Å². The maximum Gasteiger partial charge on any atom is 0.344 e. The van der Waals surface area contributed by atoms with Crippen LogP contribution in [0.1, 0.15) is 11.1 Å². The lowest BCUT2D eigenvalue weighted by Crippen LogP contribution is -2.24. The first-order valence-corrected chi connectivity index (χ1v) is 10.2. The van der Waals surface area contributed by atoms with Crippen molar-refractivity contribution in [2.24, 2.45) is 0 Å². The predicted octanol–water partition coefficient (Wildman–Crippen LogP) is 2.11. The third-order valence-corrected chi connectivity index (χ3v) is 5.62. The minimum absolute atomic E-state index is 0.0409. The minimum atomic E-state index is -3.62. The van der Waals surface area contributed by atoms with Crippen molar-refractivity contribution in [2.75, 3.05) is 32.6 Å². The van der Waals surface area contributed by atoms with E-state index in [9.17, 15) is 18.0 Å². The molecule has 0 saturated carbocycles. The van der Waals surface area contributed by atoms with Crippen LogP contribution < -0.4 is 10.1 Å². The molecule has 156 valence electrons. The van der Waals surface area contributed by atoms with Gasteiger partial charge in [-0.05, 0) is 55.3 Å². The summed E-state index contributed by atoms with van der Waals surface area (Å²) < 4.78 is 35.6. The van der Waals surface area contributed by atoms with Gasteiger partial charge in [-0.25, -0.2) is 17.5 Å². The molecule has 0 heterocycles. The lowest BCUT2D eigenvalue weighted by atomic mass is 10.1. The summed E-state index contributed by atoms with van der Waals surface area (Å²) in [4.78, 5) is 23.8. The van der Waals surface area contributed by atoms with Crippen molar-refractivity contribution in [3.8, 4) is 5.75 Å². The minimum Gasteiger partial charge on any atom is -0.482 e. The average molecular weight is 420 g/mol. The Morgan fingerprint density at radius 2 is 1.66 bits per heavy atom. The van der Waals surface area contributed by atoms with Crippen molar-refractivity contribution in [1.82, 2.24) is 4.31 Å². The molecular weight excluding hydrogens is 396 g/mol. The van der Waals surface area contributed by atoms with Crippen molar-refractivity contribution in [3.05, 3.63) is 53.6 Å². The van der Waals surface area contributed by atoms with Gasteiger partial charge in [0.1, 0.15) is 5.75 Å². The highest BCUT2D eigenvalue weighted by molar-refractivity contribution is 7.89. The number of hydrogen-bond acceptors (Lipinski definition) is 6. The second-order valence-electron chi connectivity index (χ2n) is 6.64. The molecule has 2 aromatic carbocycles. The number of sulfonamides is 1. The van der Waals surface area contributed by atoms with Crippen LogP contribution >= 0.6 is 0 Å². The van der Waals surface area contributed by atoms with E-state index in [0.717, 1.165) is 15.4 Å². The van der Waals surface area contributed by atoms with Gasteiger partial charge in [0.25, 0.3) is 5.91 Å². The van der Waals surface area contributed by atoms with Crippen LogP contribution in [-0.4, -0.2) is 51.9 Å². The number of benzene rings is 2. The Kier molecular flexibility index (Phi) is 7.35. The van der Waals surface area contributed by atoms with E-state index in [1.165, 1.54) is 38.4 Å². The number of nitrogens with zero attached hydrogens (tertiary/aromatic N) is 1. The second kappa shape index (κ2) is 9.53. The summed E-state index contributed by atoms with van der Waals surface area (Å²) in [5.41, 5.74) is 2.29. The zero-order valence-electron chi connectivity index (χ0n) is 16.8. The highest BCUT2D eigenvalue weighted by Crippen LogP contribution is 2.18. The number of aryl methyl sites for hydroxylation is 2. The molecule has 0 radical (unpaired) electrons. The highest BCUT2D eigenvalue weighted by Gasteiger charge is 2.18. The van der Waals surface area contributed by atoms with Crippen LogP contribution in [0.3, 0.4) is 0 Å². The molecule has 0 saturated heterocycles. The van der Waals surface area contributed by atoms with Gasteiger partial charge in [-0.2, -0.15) is 0 Å². The van der Waals surface area contributed by atoms with Crippen LogP contribution in [0.2, 0.25) is 0 Å². The van der Waals surface area contributed by atoms with Gasteiger partial charge >= 0.3 is 5.97 Å². The number of rotatable bonds is 8. The molecule has 0 aliphatic rings. The van der Waals surface area contributed by atoms with Crippen LogP contribution in [0.5, 0.6) is 5.75 Å². The second-order valence-corrected chi connectivity index (χ2v) is 8.79. The van der Waals surface area contributed by atoms with Crippen molar-refractivity contribution in [3.63, 3.8) is 0 Å². The summed E-state index contributed by atoms with van der Waals surface area (Å²) in [6, 6.07) is 11.4. The summed E-state index contributed by atoms with van der Waals surface area (Å²) in [5.74, 6) is -0.741. The number of carbonyl (C=O) groups excluding carboxylic acids is 2. The van der Waals surface area contributed by atoms with E-state index < -0.39 is 28.5 Å². The van der Waals surface area contributed by atoms with E-state index in [4.69, 9.17) is 9.47 Å². The number of amides is 1. The molecular formula is C20H24N2O6S. The maximum absolute atomic E-state index is 12.1. The van der Waals surface area contributed by atoms with Gasteiger partial charge in [-0.1, -0.05) is 12.1 Å². The summed E-state index contributed by atoms with van der Waals surface area (Å²) in [7, 11) is -0.787. The van der Waals surface area contributed by atoms with Gasteiger partial charge in [0.05, 0.1) is 4.90 Å². The third kappa shape index (κ3) is 6.58. The molecule has 1 N–H and O–H groups in total. The smallest absolute Gasteiger partial charge is 0.344 e. The first-order valence-electron chi connectivity index (χ1n) is 8.77. The molecule has 0 aliphatic heterocycles. The Hall–Kier alpha value is -2.91. The predicted molar refractivity (Wildman–Crippen MR) is 108 cm³/mol. The Labute approximate surface area is 170 Å². The van der Waals surface area contributed by atoms with Crippen molar-refractivity contribution in [1.29, 1.82) is 0 Å². The molecule has 0 spiro atoms. The molecule has 9 heteroatoms. The number of nitrogens with one attached hydrogen (secondary N) is 1. The van der Waals surface area contributed by atoms with Gasteiger partial charge in [-0.15, -0.1) is 0 Å². The fourth-order valence-corrected chi connectivity index (χ4v) is 3.44. The van der Waals surface area contributed by atoms with E-state index in [1.807, 2.05) is 19.9 Å². The number of esters is 1. The van der Waals surface area contributed by atoms with E-state index in [0.29, 0.717) is 5.75 Å². The number of hydrogen-bond donors (Lipinski definition) is 1. The van der Waals surface area contributed by atoms with E-state index in [2.05, 4.69) is 5.32 Å². The molecule has 0 fully saturated rings. The number of ether oxygens (including phenoxy) is 2. The molecule has 2 rings (SSSR count). The first-order chi connectivity index (χ1) is 13.6. The Morgan fingerprint density at radius 3 is 2.28 bits per heavy atom. The van der Waals surface area contributed by atoms with E-state index >= 15 is 0 Å². The normalized spacial score (nSPS) is 11.2. The molecule has 0 aliphatic carbocycles. The molecule has 8 nitrogen and oxygen atoms in total.